The number of anilines is 2. The topological polar surface area (TPSA) is 192 Å². The molecule has 0 saturated heterocycles. The highest BCUT2D eigenvalue weighted by molar-refractivity contribution is 6.34. The quantitative estimate of drug-likeness (QED) is 0.0577. The minimum Gasteiger partial charge on any atom is -0.508 e. The smallest absolute Gasteiger partial charge is 0.311 e. The molecule has 198 valence electrons. The van der Waals surface area contributed by atoms with Crippen LogP contribution in [0.4, 0.5) is 11.4 Å². The molecule has 0 heterocycles. The van der Waals surface area contributed by atoms with Crippen LogP contribution in [0, 0.1) is 0 Å². The van der Waals surface area contributed by atoms with Gasteiger partial charge < -0.3 is 45.7 Å². The Hall–Kier alpha value is -4.11. The van der Waals surface area contributed by atoms with E-state index < -0.39 is 11.8 Å². The number of hydrazine groups is 1. The number of nitrogens with one attached hydrogen (secondary N) is 6. The molecule has 14 nitrogen and oxygen atoms in total. The number of phenols is 2. The zero-order valence-corrected chi connectivity index (χ0v) is 20.0. The average molecular weight is 509 g/mol. The third kappa shape index (κ3) is 14.2. The van der Waals surface area contributed by atoms with E-state index in [-0.39, 0.29) is 50.9 Å². The van der Waals surface area contributed by atoms with E-state index in [0.717, 1.165) is 11.4 Å². The second-order valence-electron chi connectivity index (χ2n) is 6.68. The largest absolute Gasteiger partial charge is 0.508 e. The van der Waals surface area contributed by atoms with Gasteiger partial charge in [-0.1, -0.05) is 0 Å². The third-order valence-electron chi connectivity index (χ3n) is 3.94. The first-order chi connectivity index (χ1) is 17.3. The SMILES string of the molecule is CNC(=O)C(=O)NCOCNc1ccc(O)cc1.COCNNC(=O)COCNc1ccc(O)cc1. The highest BCUT2D eigenvalue weighted by Crippen LogP contribution is 2.13. The van der Waals surface area contributed by atoms with Crippen molar-refractivity contribution in [2.75, 3.05) is 58.3 Å². The van der Waals surface area contributed by atoms with E-state index in [0.29, 0.717) is 0 Å². The Balaban J connectivity index is 0.000000360. The second kappa shape index (κ2) is 18.2. The van der Waals surface area contributed by atoms with Gasteiger partial charge in [0, 0.05) is 25.5 Å². The van der Waals surface area contributed by atoms with Crippen molar-refractivity contribution in [3.8, 4) is 11.5 Å². The van der Waals surface area contributed by atoms with Crippen LogP contribution in [0.2, 0.25) is 0 Å². The van der Waals surface area contributed by atoms with Crippen molar-refractivity contribution < 1.29 is 38.8 Å². The van der Waals surface area contributed by atoms with Gasteiger partial charge in [-0.2, -0.15) is 0 Å². The Morgan fingerprint density at radius 1 is 0.750 bits per heavy atom. The number of amides is 3. The molecule has 0 aromatic heterocycles. The Bertz CT molecular complexity index is 912. The van der Waals surface area contributed by atoms with Crippen molar-refractivity contribution in [3.63, 3.8) is 0 Å². The molecule has 2 aromatic carbocycles. The third-order valence-corrected chi connectivity index (χ3v) is 3.94. The molecule has 0 spiro atoms. The molecule has 2 rings (SSSR count). The fourth-order valence-electron chi connectivity index (χ4n) is 2.18. The van der Waals surface area contributed by atoms with Crippen molar-refractivity contribution in [2.45, 2.75) is 0 Å². The fourth-order valence-corrected chi connectivity index (χ4v) is 2.18. The van der Waals surface area contributed by atoms with E-state index in [1.54, 1.807) is 36.4 Å². The molecule has 0 unspecified atom stereocenters. The standard InChI is InChI=1S/C11H17N3O4.C11H15N3O4/c1-17-8-13-14-11(16)6-18-7-12-9-2-4-10(15)5-3-9;1-12-10(16)11(17)14-7-18-6-13-8-2-4-9(15)5-3-8/h2-5,12-13,15H,6-8H2,1H3,(H,14,16);2-5,13,15H,6-7H2,1H3,(H,12,16)(H,14,17). The minimum absolute atomic E-state index is 0.0677. The minimum atomic E-state index is -0.748. The van der Waals surface area contributed by atoms with Gasteiger partial charge in [0.25, 0.3) is 5.91 Å². The number of rotatable bonds is 13. The van der Waals surface area contributed by atoms with Crippen LogP contribution in [-0.4, -0.2) is 75.6 Å². The number of aromatic hydroxyl groups is 2. The summed E-state index contributed by atoms with van der Waals surface area (Å²) in [7, 11) is 2.88. The molecule has 3 amide bonds. The molecular weight excluding hydrogens is 476 g/mol. The lowest BCUT2D eigenvalue weighted by atomic mass is 10.3. The number of carbonyl (C=O) groups is 3. The summed E-state index contributed by atoms with van der Waals surface area (Å²) in [6, 6.07) is 13.0. The zero-order chi connectivity index (χ0) is 26.6. The van der Waals surface area contributed by atoms with Crippen LogP contribution in [0.25, 0.3) is 0 Å². The molecule has 0 aliphatic rings. The number of ether oxygens (including phenoxy) is 3. The molecule has 0 fully saturated rings. The van der Waals surface area contributed by atoms with E-state index in [1.165, 1.54) is 26.3 Å². The zero-order valence-electron chi connectivity index (χ0n) is 20.0. The molecule has 0 atom stereocenters. The van der Waals surface area contributed by atoms with Gasteiger partial charge in [-0.05, 0) is 48.5 Å². The number of hydrogen-bond donors (Lipinski definition) is 8. The molecule has 36 heavy (non-hydrogen) atoms. The number of benzene rings is 2. The molecule has 0 radical (unpaired) electrons. The Morgan fingerprint density at radius 2 is 1.28 bits per heavy atom. The van der Waals surface area contributed by atoms with Gasteiger partial charge in [-0.3, -0.25) is 19.8 Å². The first kappa shape index (κ1) is 29.9. The van der Waals surface area contributed by atoms with Crippen LogP contribution < -0.4 is 32.1 Å². The van der Waals surface area contributed by atoms with Gasteiger partial charge in [0.1, 0.15) is 45.0 Å². The van der Waals surface area contributed by atoms with Gasteiger partial charge in [0.05, 0.1) is 0 Å². The molecule has 0 aliphatic carbocycles. The summed E-state index contributed by atoms with van der Waals surface area (Å²) in [5.41, 5.74) is 6.51. The highest BCUT2D eigenvalue weighted by atomic mass is 16.5. The van der Waals surface area contributed by atoms with Gasteiger partial charge in [0.15, 0.2) is 0 Å². The van der Waals surface area contributed by atoms with Crippen molar-refractivity contribution >= 4 is 29.1 Å². The van der Waals surface area contributed by atoms with Crippen LogP contribution in [0.1, 0.15) is 0 Å². The summed E-state index contributed by atoms with van der Waals surface area (Å²) in [6.45, 7) is 0.456. The fraction of sp³-hybridized carbons (Fsp3) is 0.318. The first-order valence-corrected chi connectivity index (χ1v) is 10.6. The lowest BCUT2D eigenvalue weighted by Crippen LogP contribution is -2.40. The van der Waals surface area contributed by atoms with E-state index in [1.807, 2.05) is 0 Å². The molecule has 2 aromatic rings. The van der Waals surface area contributed by atoms with Crippen molar-refractivity contribution in [1.82, 2.24) is 21.5 Å². The summed E-state index contributed by atoms with van der Waals surface area (Å²) in [6.07, 6.45) is 0. The lowest BCUT2D eigenvalue weighted by Gasteiger charge is -2.08. The summed E-state index contributed by atoms with van der Waals surface area (Å²) in [5, 5.41) is 28.4. The normalized spacial score (nSPS) is 9.83. The van der Waals surface area contributed by atoms with Crippen LogP contribution in [0.5, 0.6) is 11.5 Å². The highest BCUT2D eigenvalue weighted by Gasteiger charge is 2.09. The molecule has 0 bridgehead atoms. The number of methoxy groups -OCH3 is 1. The summed E-state index contributed by atoms with van der Waals surface area (Å²) >= 11 is 0. The Kier molecular flexibility index (Phi) is 15.2. The molecular formula is C22H32N6O8. The second-order valence-corrected chi connectivity index (χ2v) is 6.68. The number of carbonyl (C=O) groups excluding carboxylic acids is 3. The van der Waals surface area contributed by atoms with Crippen molar-refractivity contribution in [3.05, 3.63) is 48.5 Å². The van der Waals surface area contributed by atoms with Gasteiger partial charge in [-0.25, -0.2) is 5.43 Å². The monoisotopic (exact) mass is 508 g/mol. The molecule has 8 N–H and O–H groups in total. The maximum Gasteiger partial charge on any atom is 0.311 e. The summed E-state index contributed by atoms with van der Waals surface area (Å²) in [4.78, 5) is 33.0. The van der Waals surface area contributed by atoms with Gasteiger partial charge >= 0.3 is 11.8 Å². The number of phenolic OH excluding ortho intramolecular Hbond substituents is 2. The van der Waals surface area contributed by atoms with E-state index in [4.69, 9.17) is 19.7 Å². The van der Waals surface area contributed by atoms with Crippen molar-refractivity contribution in [2.24, 2.45) is 0 Å². The molecule has 0 saturated carbocycles. The predicted molar refractivity (Wildman–Crippen MR) is 130 cm³/mol. The Labute approximate surface area is 208 Å². The predicted octanol–water partition coefficient (Wildman–Crippen LogP) is -0.399. The first-order valence-electron chi connectivity index (χ1n) is 10.6. The van der Waals surface area contributed by atoms with Crippen molar-refractivity contribution in [1.29, 1.82) is 0 Å². The average Bonchev–Trinajstić information content (AvgIpc) is 2.88. The van der Waals surface area contributed by atoms with Crippen LogP contribution >= 0.6 is 0 Å². The molecule has 14 heteroatoms. The maximum atomic E-state index is 11.2. The summed E-state index contributed by atoms with van der Waals surface area (Å²) < 4.78 is 14.8. The van der Waals surface area contributed by atoms with Gasteiger partial charge in [0.2, 0.25) is 0 Å². The van der Waals surface area contributed by atoms with E-state index in [9.17, 15) is 14.4 Å². The maximum absolute atomic E-state index is 11.2. The van der Waals surface area contributed by atoms with Gasteiger partial charge in [-0.15, -0.1) is 0 Å². The Morgan fingerprint density at radius 3 is 1.78 bits per heavy atom. The van der Waals surface area contributed by atoms with Crippen LogP contribution in [0.15, 0.2) is 48.5 Å². The van der Waals surface area contributed by atoms with E-state index in [2.05, 4.69) is 36.9 Å². The van der Waals surface area contributed by atoms with E-state index >= 15 is 0 Å². The van der Waals surface area contributed by atoms with Crippen LogP contribution in [0.3, 0.4) is 0 Å². The number of hydrogen-bond acceptors (Lipinski definition) is 11. The number of likely N-dealkylation sites (N-methyl/N-ethyl adjacent to an activating group) is 1. The lowest BCUT2D eigenvalue weighted by molar-refractivity contribution is -0.139. The van der Waals surface area contributed by atoms with Crippen LogP contribution in [-0.2, 0) is 28.6 Å². The molecule has 0 aliphatic heterocycles. The summed E-state index contributed by atoms with van der Waals surface area (Å²) in [5.74, 6) is -1.38.